The number of pyridine rings is 1. The zero-order valence-corrected chi connectivity index (χ0v) is 11.0. The van der Waals surface area contributed by atoms with Crippen molar-refractivity contribution in [3.8, 4) is 0 Å². The number of rotatable bonds is 4. The Balaban J connectivity index is 1.82. The molecule has 3 nitrogen and oxygen atoms in total. The van der Waals surface area contributed by atoms with Gasteiger partial charge in [-0.3, -0.25) is 4.90 Å². The molecule has 1 atom stereocenters. The van der Waals surface area contributed by atoms with Crippen molar-refractivity contribution in [1.29, 1.82) is 0 Å². The summed E-state index contributed by atoms with van der Waals surface area (Å²) in [4.78, 5) is 9.37. The molecular weight excluding hydrogens is 210 g/mol. The molecule has 17 heavy (non-hydrogen) atoms. The zero-order chi connectivity index (χ0) is 12.1. The van der Waals surface area contributed by atoms with Crippen LogP contribution in [0, 0.1) is 5.92 Å². The van der Waals surface area contributed by atoms with Gasteiger partial charge < -0.3 is 4.90 Å². The fourth-order valence-corrected chi connectivity index (χ4v) is 2.27. The third-order valence-electron chi connectivity index (χ3n) is 3.61. The highest BCUT2D eigenvalue weighted by atomic mass is 15.3. The molecule has 1 aliphatic heterocycles. The topological polar surface area (TPSA) is 19.4 Å². The first-order chi connectivity index (χ1) is 8.29. The summed E-state index contributed by atoms with van der Waals surface area (Å²) >= 11 is 0. The smallest absolute Gasteiger partial charge is 0.128 e. The van der Waals surface area contributed by atoms with Crippen LogP contribution in [0.25, 0.3) is 0 Å². The minimum Gasteiger partial charge on any atom is -0.354 e. The first-order valence-electron chi connectivity index (χ1n) is 6.68. The van der Waals surface area contributed by atoms with E-state index in [1.54, 1.807) is 0 Å². The van der Waals surface area contributed by atoms with Gasteiger partial charge in [0.05, 0.1) is 0 Å². The summed E-state index contributed by atoms with van der Waals surface area (Å²) in [5.41, 5.74) is 0. The minimum absolute atomic E-state index is 0.816. The highest BCUT2D eigenvalue weighted by Crippen LogP contribution is 2.13. The Kier molecular flexibility index (Phi) is 4.37. The average molecular weight is 233 g/mol. The predicted octanol–water partition coefficient (Wildman–Crippen LogP) is 2.25. The SMILES string of the molecule is CCC(C)CN1CCN(c2ccccn2)CC1. The van der Waals surface area contributed by atoms with Crippen LogP contribution in [0.2, 0.25) is 0 Å². The molecule has 0 aliphatic carbocycles. The zero-order valence-electron chi connectivity index (χ0n) is 11.0. The monoisotopic (exact) mass is 233 g/mol. The predicted molar refractivity (Wildman–Crippen MR) is 72.3 cm³/mol. The van der Waals surface area contributed by atoms with E-state index in [0.717, 1.165) is 24.8 Å². The van der Waals surface area contributed by atoms with E-state index in [-0.39, 0.29) is 0 Å². The van der Waals surface area contributed by atoms with Crippen LogP contribution in [-0.2, 0) is 0 Å². The van der Waals surface area contributed by atoms with Gasteiger partial charge in [-0.15, -0.1) is 0 Å². The Hall–Kier alpha value is -1.09. The van der Waals surface area contributed by atoms with Crippen molar-refractivity contribution >= 4 is 5.82 Å². The van der Waals surface area contributed by atoms with Crippen LogP contribution in [0.1, 0.15) is 20.3 Å². The third kappa shape index (κ3) is 3.43. The van der Waals surface area contributed by atoms with E-state index in [0.29, 0.717) is 0 Å². The largest absolute Gasteiger partial charge is 0.354 e. The van der Waals surface area contributed by atoms with Crippen LogP contribution in [0.5, 0.6) is 0 Å². The molecule has 1 saturated heterocycles. The summed E-state index contributed by atoms with van der Waals surface area (Å²) in [6.07, 6.45) is 3.15. The fraction of sp³-hybridized carbons (Fsp3) is 0.643. The summed E-state index contributed by atoms with van der Waals surface area (Å²) in [6, 6.07) is 6.14. The second-order valence-electron chi connectivity index (χ2n) is 4.99. The van der Waals surface area contributed by atoms with Crippen molar-refractivity contribution in [3.05, 3.63) is 24.4 Å². The summed E-state index contributed by atoms with van der Waals surface area (Å²) in [7, 11) is 0. The van der Waals surface area contributed by atoms with Gasteiger partial charge in [-0.25, -0.2) is 4.98 Å². The van der Waals surface area contributed by atoms with Gasteiger partial charge in [0.1, 0.15) is 5.82 Å². The Morgan fingerprint density at radius 3 is 2.59 bits per heavy atom. The Morgan fingerprint density at radius 2 is 2.00 bits per heavy atom. The van der Waals surface area contributed by atoms with Crippen molar-refractivity contribution in [2.24, 2.45) is 5.92 Å². The third-order valence-corrected chi connectivity index (χ3v) is 3.61. The van der Waals surface area contributed by atoms with E-state index in [1.165, 1.54) is 26.1 Å². The van der Waals surface area contributed by atoms with Crippen LogP contribution >= 0.6 is 0 Å². The van der Waals surface area contributed by atoms with Gasteiger partial charge in [-0.05, 0) is 18.1 Å². The average Bonchev–Trinajstić information content (AvgIpc) is 2.40. The molecule has 0 aromatic carbocycles. The molecule has 0 spiro atoms. The minimum atomic E-state index is 0.816. The second-order valence-corrected chi connectivity index (χ2v) is 4.99. The Labute approximate surface area is 104 Å². The molecule has 0 bridgehead atoms. The van der Waals surface area contributed by atoms with E-state index in [9.17, 15) is 0 Å². The molecule has 1 fully saturated rings. The quantitative estimate of drug-likeness (QED) is 0.795. The number of anilines is 1. The molecule has 0 amide bonds. The normalized spacial score (nSPS) is 19.3. The fourth-order valence-electron chi connectivity index (χ4n) is 2.27. The van der Waals surface area contributed by atoms with Gasteiger partial charge >= 0.3 is 0 Å². The van der Waals surface area contributed by atoms with Crippen molar-refractivity contribution in [2.75, 3.05) is 37.6 Å². The molecule has 1 aliphatic rings. The summed E-state index contributed by atoms with van der Waals surface area (Å²) in [5, 5.41) is 0. The maximum absolute atomic E-state index is 4.41. The van der Waals surface area contributed by atoms with Crippen LogP contribution < -0.4 is 4.90 Å². The second kappa shape index (κ2) is 6.01. The van der Waals surface area contributed by atoms with Crippen LogP contribution in [-0.4, -0.2) is 42.6 Å². The molecule has 2 heterocycles. The number of piperazine rings is 1. The van der Waals surface area contributed by atoms with Gasteiger partial charge in [-0.2, -0.15) is 0 Å². The van der Waals surface area contributed by atoms with E-state index in [2.05, 4.69) is 40.8 Å². The van der Waals surface area contributed by atoms with Crippen molar-refractivity contribution in [1.82, 2.24) is 9.88 Å². The van der Waals surface area contributed by atoms with Crippen molar-refractivity contribution in [2.45, 2.75) is 20.3 Å². The number of nitrogens with zero attached hydrogens (tertiary/aromatic N) is 3. The highest BCUT2D eigenvalue weighted by Gasteiger charge is 2.18. The molecule has 0 saturated carbocycles. The summed E-state index contributed by atoms with van der Waals surface area (Å²) in [5.74, 6) is 1.94. The molecule has 1 aromatic heterocycles. The van der Waals surface area contributed by atoms with Crippen molar-refractivity contribution < 1.29 is 0 Å². The molecular formula is C14H23N3. The van der Waals surface area contributed by atoms with Gasteiger partial charge in [-0.1, -0.05) is 26.3 Å². The lowest BCUT2D eigenvalue weighted by atomic mass is 10.1. The lowest BCUT2D eigenvalue weighted by Crippen LogP contribution is -2.47. The lowest BCUT2D eigenvalue weighted by Gasteiger charge is -2.36. The molecule has 1 unspecified atom stereocenters. The summed E-state index contributed by atoms with van der Waals surface area (Å²) < 4.78 is 0. The van der Waals surface area contributed by atoms with Crippen molar-refractivity contribution in [3.63, 3.8) is 0 Å². The number of hydrogen-bond donors (Lipinski definition) is 0. The maximum Gasteiger partial charge on any atom is 0.128 e. The lowest BCUT2D eigenvalue weighted by molar-refractivity contribution is 0.222. The van der Waals surface area contributed by atoms with Crippen LogP contribution in [0.15, 0.2) is 24.4 Å². The van der Waals surface area contributed by atoms with Crippen LogP contribution in [0.4, 0.5) is 5.82 Å². The Bertz CT molecular complexity index is 317. The molecule has 0 radical (unpaired) electrons. The van der Waals surface area contributed by atoms with E-state index in [4.69, 9.17) is 0 Å². The molecule has 0 N–H and O–H groups in total. The van der Waals surface area contributed by atoms with E-state index < -0.39 is 0 Å². The Morgan fingerprint density at radius 1 is 1.24 bits per heavy atom. The number of aromatic nitrogens is 1. The highest BCUT2D eigenvalue weighted by molar-refractivity contribution is 5.38. The van der Waals surface area contributed by atoms with Gasteiger partial charge in [0, 0.05) is 38.9 Å². The summed E-state index contributed by atoms with van der Waals surface area (Å²) in [6.45, 7) is 10.4. The molecule has 94 valence electrons. The van der Waals surface area contributed by atoms with Crippen LogP contribution in [0.3, 0.4) is 0 Å². The molecule has 3 heteroatoms. The maximum atomic E-state index is 4.41. The van der Waals surface area contributed by atoms with Gasteiger partial charge in [0.25, 0.3) is 0 Å². The van der Waals surface area contributed by atoms with E-state index in [1.807, 2.05) is 12.3 Å². The number of hydrogen-bond acceptors (Lipinski definition) is 3. The molecule has 2 rings (SSSR count). The first-order valence-corrected chi connectivity index (χ1v) is 6.68. The van der Waals surface area contributed by atoms with Gasteiger partial charge in [0.2, 0.25) is 0 Å². The first kappa shape index (κ1) is 12.4. The van der Waals surface area contributed by atoms with E-state index >= 15 is 0 Å². The molecule has 1 aromatic rings. The standard InChI is InChI=1S/C14H23N3/c1-3-13(2)12-16-8-10-17(11-9-16)14-6-4-5-7-15-14/h4-7,13H,3,8-12H2,1-2H3. The van der Waals surface area contributed by atoms with Gasteiger partial charge in [0.15, 0.2) is 0 Å².